The predicted octanol–water partition coefficient (Wildman–Crippen LogP) is -0.325. The molecule has 0 spiro atoms. The maximum absolute atomic E-state index is 11.8. The third-order valence-corrected chi connectivity index (χ3v) is 2.87. The van der Waals surface area contributed by atoms with E-state index < -0.39 is 0 Å². The average molecular weight is 183 g/mol. The zero-order chi connectivity index (χ0) is 9.26. The second kappa shape index (κ2) is 3.64. The van der Waals surface area contributed by atoms with Crippen molar-refractivity contribution in [3.63, 3.8) is 0 Å². The monoisotopic (exact) mass is 183 g/mol. The maximum Gasteiger partial charge on any atom is 0.241 e. The summed E-state index contributed by atoms with van der Waals surface area (Å²) in [7, 11) is 2.07. The van der Waals surface area contributed by atoms with E-state index in [1.807, 2.05) is 0 Å². The normalized spacial score (nSPS) is 29.9. The number of hydrogen-bond acceptors (Lipinski definition) is 3. The lowest BCUT2D eigenvalue weighted by molar-refractivity contribution is -0.136. The molecule has 0 saturated carbocycles. The Morgan fingerprint density at radius 3 is 2.85 bits per heavy atom. The second-order valence-electron chi connectivity index (χ2n) is 4.00. The van der Waals surface area contributed by atoms with E-state index in [-0.39, 0.29) is 5.92 Å². The van der Waals surface area contributed by atoms with Gasteiger partial charge in [-0.05, 0) is 26.4 Å². The van der Waals surface area contributed by atoms with Gasteiger partial charge in [-0.1, -0.05) is 0 Å². The summed E-state index contributed by atoms with van der Waals surface area (Å²) >= 11 is 0. The molecule has 1 unspecified atom stereocenters. The van der Waals surface area contributed by atoms with Gasteiger partial charge in [0.15, 0.2) is 0 Å². The van der Waals surface area contributed by atoms with Crippen LogP contribution in [-0.4, -0.2) is 49.0 Å². The highest BCUT2D eigenvalue weighted by atomic mass is 16.2. The van der Waals surface area contributed by atoms with Crippen LogP contribution in [0.15, 0.2) is 0 Å². The first kappa shape index (κ1) is 8.97. The third kappa shape index (κ3) is 1.84. The van der Waals surface area contributed by atoms with Gasteiger partial charge in [0.1, 0.15) is 0 Å². The van der Waals surface area contributed by atoms with Crippen LogP contribution < -0.4 is 5.43 Å². The minimum atomic E-state index is 0.232. The second-order valence-corrected chi connectivity index (χ2v) is 4.00. The predicted molar refractivity (Wildman–Crippen MR) is 49.9 cm³/mol. The van der Waals surface area contributed by atoms with Crippen molar-refractivity contribution in [1.82, 2.24) is 15.3 Å². The van der Waals surface area contributed by atoms with Crippen LogP contribution in [0, 0.1) is 5.92 Å². The fourth-order valence-electron chi connectivity index (χ4n) is 2.08. The van der Waals surface area contributed by atoms with Crippen LogP contribution in [0.4, 0.5) is 0 Å². The van der Waals surface area contributed by atoms with Crippen molar-refractivity contribution >= 4 is 5.91 Å². The Bertz CT molecular complexity index is 201. The molecule has 74 valence electrons. The Balaban J connectivity index is 1.89. The fourth-order valence-corrected chi connectivity index (χ4v) is 2.08. The van der Waals surface area contributed by atoms with Crippen molar-refractivity contribution < 1.29 is 4.79 Å². The molecule has 2 heterocycles. The van der Waals surface area contributed by atoms with Gasteiger partial charge in [0.25, 0.3) is 0 Å². The van der Waals surface area contributed by atoms with E-state index in [1.165, 1.54) is 0 Å². The largest absolute Gasteiger partial charge is 0.306 e. The molecule has 4 heteroatoms. The Kier molecular flexibility index (Phi) is 2.51. The standard InChI is InChI=1S/C9H17N3O/c1-11-6-3-8(7-11)9(13)12-5-2-4-10-12/h8,10H,2-7H2,1H3. The van der Waals surface area contributed by atoms with Gasteiger partial charge in [0, 0.05) is 19.6 Å². The van der Waals surface area contributed by atoms with Crippen molar-refractivity contribution in [2.45, 2.75) is 12.8 Å². The van der Waals surface area contributed by atoms with E-state index >= 15 is 0 Å². The maximum atomic E-state index is 11.8. The molecule has 2 saturated heterocycles. The molecule has 0 aromatic carbocycles. The quantitative estimate of drug-likeness (QED) is 0.605. The summed E-state index contributed by atoms with van der Waals surface area (Å²) in [5.41, 5.74) is 3.11. The van der Waals surface area contributed by atoms with Gasteiger partial charge < -0.3 is 4.90 Å². The molecule has 1 atom stereocenters. The first-order valence-corrected chi connectivity index (χ1v) is 5.01. The Labute approximate surface area is 78.8 Å². The minimum absolute atomic E-state index is 0.232. The summed E-state index contributed by atoms with van der Waals surface area (Å²) in [4.78, 5) is 14.1. The number of likely N-dealkylation sites (tertiary alicyclic amines) is 1. The summed E-state index contributed by atoms with van der Waals surface area (Å²) in [6.07, 6.45) is 2.11. The van der Waals surface area contributed by atoms with Gasteiger partial charge in [0.05, 0.1) is 5.92 Å². The van der Waals surface area contributed by atoms with Gasteiger partial charge in [-0.25, -0.2) is 5.43 Å². The minimum Gasteiger partial charge on any atom is -0.306 e. The van der Waals surface area contributed by atoms with E-state index in [2.05, 4.69) is 17.4 Å². The van der Waals surface area contributed by atoms with Crippen molar-refractivity contribution in [2.24, 2.45) is 5.92 Å². The summed E-state index contributed by atoms with van der Waals surface area (Å²) in [6.45, 7) is 3.83. The molecular formula is C9H17N3O. The molecule has 1 N–H and O–H groups in total. The van der Waals surface area contributed by atoms with Crippen LogP contribution in [0.3, 0.4) is 0 Å². The highest BCUT2D eigenvalue weighted by Crippen LogP contribution is 2.17. The van der Waals surface area contributed by atoms with Crippen molar-refractivity contribution in [3.05, 3.63) is 0 Å². The zero-order valence-corrected chi connectivity index (χ0v) is 8.12. The van der Waals surface area contributed by atoms with Gasteiger partial charge in [-0.3, -0.25) is 9.80 Å². The van der Waals surface area contributed by atoms with Crippen molar-refractivity contribution in [3.8, 4) is 0 Å². The van der Waals surface area contributed by atoms with Crippen LogP contribution in [0.2, 0.25) is 0 Å². The number of hydrogen-bond donors (Lipinski definition) is 1. The van der Waals surface area contributed by atoms with E-state index in [0.29, 0.717) is 5.91 Å². The van der Waals surface area contributed by atoms with Crippen LogP contribution in [0.25, 0.3) is 0 Å². The van der Waals surface area contributed by atoms with Crippen LogP contribution in [-0.2, 0) is 4.79 Å². The summed E-state index contributed by atoms with van der Waals surface area (Å²) in [5, 5.41) is 1.80. The summed E-state index contributed by atoms with van der Waals surface area (Å²) in [5.74, 6) is 0.525. The highest BCUT2D eigenvalue weighted by molar-refractivity contribution is 5.79. The lowest BCUT2D eigenvalue weighted by atomic mass is 10.1. The molecule has 2 aliphatic rings. The van der Waals surface area contributed by atoms with Gasteiger partial charge in [0.2, 0.25) is 5.91 Å². The molecule has 2 rings (SSSR count). The van der Waals surface area contributed by atoms with Crippen LogP contribution in [0.1, 0.15) is 12.8 Å². The van der Waals surface area contributed by atoms with E-state index in [9.17, 15) is 4.79 Å². The number of rotatable bonds is 1. The molecule has 0 aromatic rings. The number of nitrogens with one attached hydrogen (secondary N) is 1. The molecule has 0 radical (unpaired) electrons. The molecule has 4 nitrogen and oxygen atoms in total. The average Bonchev–Trinajstić information content (AvgIpc) is 2.72. The molecule has 0 aliphatic carbocycles. The molecule has 13 heavy (non-hydrogen) atoms. The van der Waals surface area contributed by atoms with Crippen molar-refractivity contribution in [2.75, 3.05) is 33.2 Å². The summed E-state index contributed by atoms with van der Waals surface area (Å²) < 4.78 is 0. The van der Waals surface area contributed by atoms with Gasteiger partial charge in [-0.15, -0.1) is 0 Å². The molecule has 2 fully saturated rings. The smallest absolute Gasteiger partial charge is 0.241 e. The van der Waals surface area contributed by atoms with Gasteiger partial charge >= 0.3 is 0 Å². The Hall–Kier alpha value is -0.610. The highest BCUT2D eigenvalue weighted by Gasteiger charge is 2.30. The number of nitrogens with zero attached hydrogens (tertiary/aromatic N) is 2. The summed E-state index contributed by atoms with van der Waals surface area (Å²) in [6, 6.07) is 0. The molecular weight excluding hydrogens is 166 g/mol. The molecule has 1 amide bonds. The third-order valence-electron chi connectivity index (χ3n) is 2.87. The van der Waals surface area contributed by atoms with Crippen LogP contribution in [0.5, 0.6) is 0 Å². The lowest BCUT2D eigenvalue weighted by Gasteiger charge is -2.19. The zero-order valence-electron chi connectivity index (χ0n) is 8.12. The van der Waals surface area contributed by atoms with E-state index in [4.69, 9.17) is 0 Å². The lowest BCUT2D eigenvalue weighted by Crippen LogP contribution is -2.41. The molecule has 0 bridgehead atoms. The number of amides is 1. The molecule has 0 aromatic heterocycles. The van der Waals surface area contributed by atoms with Crippen molar-refractivity contribution in [1.29, 1.82) is 0 Å². The Morgan fingerprint density at radius 2 is 2.31 bits per heavy atom. The Morgan fingerprint density at radius 1 is 1.46 bits per heavy atom. The number of carbonyl (C=O) groups is 1. The number of carbonyl (C=O) groups excluding carboxylic acids is 1. The topological polar surface area (TPSA) is 35.6 Å². The van der Waals surface area contributed by atoms with E-state index in [0.717, 1.165) is 39.0 Å². The first-order chi connectivity index (χ1) is 6.27. The fraction of sp³-hybridized carbons (Fsp3) is 0.889. The van der Waals surface area contributed by atoms with Gasteiger partial charge in [-0.2, -0.15) is 0 Å². The molecule has 2 aliphatic heterocycles. The first-order valence-electron chi connectivity index (χ1n) is 5.01. The van der Waals surface area contributed by atoms with E-state index in [1.54, 1.807) is 5.01 Å². The SMILES string of the molecule is CN1CCC(C(=O)N2CCCN2)C1. The number of hydrazine groups is 1. The van der Waals surface area contributed by atoms with Crippen LogP contribution >= 0.6 is 0 Å².